The van der Waals surface area contributed by atoms with Crippen molar-refractivity contribution in [3.05, 3.63) is 130 Å². The fourth-order valence-electron chi connectivity index (χ4n) is 9.75. The molecule has 0 aromatic heterocycles. The van der Waals surface area contributed by atoms with Crippen LogP contribution in [0.4, 0.5) is 8.78 Å². The molecule has 2 aliphatic rings. The molecule has 10 nitrogen and oxygen atoms in total. The predicted molar refractivity (Wildman–Crippen MR) is 243 cm³/mol. The third-order valence-electron chi connectivity index (χ3n) is 12.7. The number of hydrogen-bond acceptors (Lipinski definition) is 8. The molecule has 0 aliphatic carbocycles. The zero-order valence-corrected chi connectivity index (χ0v) is 38.5. The zero-order chi connectivity index (χ0) is 45.7. The van der Waals surface area contributed by atoms with E-state index >= 15 is 0 Å². The van der Waals surface area contributed by atoms with E-state index in [2.05, 4.69) is 38.4 Å². The maximum atomic E-state index is 14.1. The molecule has 4 aromatic rings. The third-order valence-corrected chi connectivity index (χ3v) is 12.7. The van der Waals surface area contributed by atoms with Crippen LogP contribution in [0.3, 0.4) is 0 Å². The average Bonchev–Trinajstić information content (AvgIpc) is 3.27. The standard InChI is InChI=1S/C52H66F2N2O8/c1-55(33-39(25-37-15-11-17-43(53)27-37)45-31-49(61-5)47(59-3)29-41(45)35-55)21-13-23-63-51(57)19-9-7-8-10-20-52(58)64-24-14-22-56(2)34-40(26-38-16-12-18-44(54)28-38)46-32-50(62-6)48(60-4)30-42(46)36-56/h7-8,11-12,15-18,27-32,39-40H,9-10,13-14,19-26,33-36H2,1-6H3/q+2/b8-7+/t39-,40+,55-,56+. The summed E-state index contributed by atoms with van der Waals surface area (Å²) in [4.78, 5) is 25.2. The topological polar surface area (TPSA) is 89.5 Å². The molecule has 0 bridgehead atoms. The van der Waals surface area contributed by atoms with Gasteiger partial charge in [-0.3, -0.25) is 9.59 Å². The summed E-state index contributed by atoms with van der Waals surface area (Å²) in [5, 5.41) is 0. The minimum Gasteiger partial charge on any atom is -0.493 e. The van der Waals surface area contributed by atoms with Gasteiger partial charge in [0, 0.05) is 48.6 Å². The Morgan fingerprint density at radius 1 is 0.594 bits per heavy atom. The van der Waals surface area contributed by atoms with Crippen LogP contribution in [0, 0.1) is 11.6 Å². The summed E-state index contributed by atoms with van der Waals surface area (Å²) >= 11 is 0. The van der Waals surface area contributed by atoms with Gasteiger partial charge in [0.2, 0.25) is 0 Å². The first kappa shape index (κ1) is 48.0. The van der Waals surface area contributed by atoms with E-state index in [0.29, 0.717) is 74.7 Å². The Morgan fingerprint density at radius 3 is 1.36 bits per heavy atom. The number of hydrogen-bond donors (Lipinski definition) is 0. The Kier molecular flexibility index (Phi) is 16.8. The minimum atomic E-state index is -0.246. The Morgan fingerprint density at radius 2 is 0.984 bits per heavy atom. The lowest BCUT2D eigenvalue weighted by Gasteiger charge is -2.43. The van der Waals surface area contributed by atoms with E-state index in [4.69, 9.17) is 28.4 Å². The van der Waals surface area contributed by atoms with Crippen LogP contribution in [0.1, 0.15) is 83.7 Å². The Bertz CT molecular complexity index is 2090. The van der Waals surface area contributed by atoms with Crippen molar-refractivity contribution in [2.24, 2.45) is 0 Å². The highest BCUT2D eigenvalue weighted by Crippen LogP contribution is 2.42. The monoisotopic (exact) mass is 884 g/mol. The first-order valence-electron chi connectivity index (χ1n) is 22.4. The van der Waals surface area contributed by atoms with Crippen molar-refractivity contribution in [1.29, 1.82) is 0 Å². The quantitative estimate of drug-likeness (QED) is 0.0334. The summed E-state index contributed by atoms with van der Waals surface area (Å²) in [7, 11) is 11.0. The van der Waals surface area contributed by atoms with E-state index in [1.54, 1.807) is 52.7 Å². The number of fused-ring (bicyclic) bond motifs is 2. The van der Waals surface area contributed by atoms with Crippen LogP contribution >= 0.6 is 0 Å². The van der Waals surface area contributed by atoms with Gasteiger partial charge in [0.15, 0.2) is 23.0 Å². The number of halogens is 2. The van der Waals surface area contributed by atoms with Crippen molar-refractivity contribution in [2.75, 3.05) is 81.9 Å². The van der Waals surface area contributed by atoms with E-state index in [0.717, 1.165) is 59.4 Å². The normalized spacial score (nSPS) is 20.2. The van der Waals surface area contributed by atoms with Crippen LogP contribution in [0.5, 0.6) is 23.0 Å². The predicted octanol–water partition coefficient (Wildman–Crippen LogP) is 9.26. The number of carbonyl (C=O) groups excluding carboxylic acids is 2. The van der Waals surface area contributed by atoms with Crippen LogP contribution in [0.2, 0.25) is 0 Å². The van der Waals surface area contributed by atoms with E-state index in [9.17, 15) is 18.4 Å². The molecule has 64 heavy (non-hydrogen) atoms. The molecule has 2 aliphatic heterocycles. The molecule has 0 unspecified atom stereocenters. The lowest BCUT2D eigenvalue weighted by molar-refractivity contribution is -0.926. The highest BCUT2D eigenvalue weighted by Gasteiger charge is 2.38. The van der Waals surface area contributed by atoms with E-state index < -0.39 is 0 Å². The van der Waals surface area contributed by atoms with Gasteiger partial charge >= 0.3 is 11.9 Å². The molecular formula is C52H66F2N2O8+2. The summed E-state index contributed by atoms with van der Waals surface area (Å²) in [6.07, 6.45) is 8.25. The lowest BCUT2D eigenvalue weighted by atomic mass is 9.83. The Labute approximate surface area is 377 Å². The van der Waals surface area contributed by atoms with Gasteiger partial charge in [-0.15, -0.1) is 0 Å². The number of esters is 2. The number of quaternary nitrogens is 2. The fraction of sp³-hybridized carbons (Fsp3) is 0.462. The minimum absolute atomic E-state index is 0.145. The van der Waals surface area contributed by atoms with Crippen molar-refractivity contribution in [2.45, 2.75) is 76.3 Å². The highest BCUT2D eigenvalue weighted by molar-refractivity contribution is 5.70. The summed E-state index contributed by atoms with van der Waals surface area (Å²) in [5.41, 5.74) is 6.64. The van der Waals surface area contributed by atoms with Crippen LogP contribution in [-0.2, 0) is 45.0 Å². The summed E-state index contributed by atoms with van der Waals surface area (Å²) in [6.45, 7) is 5.59. The summed E-state index contributed by atoms with van der Waals surface area (Å²) < 4.78 is 63.5. The molecule has 4 atom stereocenters. The van der Waals surface area contributed by atoms with Crippen molar-refractivity contribution in [1.82, 2.24) is 0 Å². The molecule has 0 spiro atoms. The van der Waals surface area contributed by atoms with E-state index in [1.165, 1.54) is 34.4 Å². The number of nitrogens with zero attached hydrogens (tertiary/aromatic N) is 2. The molecule has 0 N–H and O–H groups in total. The summed E-state index contributed by atoms with van der Waals surface area (Å²) in [6, 6.07) is 21.8. The Balaban J connectivity index is 0.889. The van der Waals surface area contributed by atoms with Gasteiger partial charge in [-0.25, -0.2) is 8.78 Å². The van der Waals surface area contributed by atoms with Gasteiger partial charge < -0.3 is 37.4 Å². The number of carbonyl (C=O) groups is 2. The molecule has 2 heterocycles. The maximum absolute atomic E-state index is 14.1. The van der Waals surface area contributed by atoms with Gasteiger partial charge in [0.25, 0.3) is 0 Å². The SMILES string of the molecule is COc1cc2c(cc1OC)[C@H](Cc1cccc(F)c1)C[N@@+](C)(CCCOC(=O)CC/C=C/CCC(=O)OCCC[N@+]1(C)Cc3cc(OC)c(OC)cc3[C@@H](Cc3cccc(F)c3)C1)C2. The van der Waals surface area contributed by atoms with Gasteiger partial charge in [0.05, 0.1) is 81.9 Å². The second kappa shape index (κ2) is 22.4. The summed E-state index contributed by atoms with van der Waals surface area (Å²) in [5.74, 6) is 2.05. The molecular weight excluding hydrogens is 819 g/mol. The van der Waals surface area contributed by atoms with Gasteiger partial charge in [-0.05, 0) is 96.5 Å². The highest BCUT2D eigenvalue weighted by atomic mass is 19.1. The second-order valence-electron chi connectivity index (χ2n) is 17.9. The fourth-order valence-corrected chi connectivity index (χ4v) is 9.75. The first-order chi connectivity index (χ1) is 30.8. The molecule has 0 saturated carbocycles. The van der Waals surface area contributed by atoms with Crippen LogP contribution in [-0.4, -0.2) is 103 Å². The molecule has 0 radical (unpaired) electrons. The third kappa shape index (κ3) is 13.1. The van der Waals surface area contributed by atoms with Gasteiger partial charge in [0.1, 0.15) is 24.7 Å². The van der Waals surface area contributed by atoms with Crippen LogP contribution < -0.4 is 18.9 Å². The number of allylic oxidation sites excluding steroid dienone is 2. The molecule has 12 heteroatoms. The lowest BCUT2D eigenvalue weighted by Crippen LogP contribution is -2.50. The maximum Gasteiger partial charge on any atom is 0.306 e. The van der Waals surface area contributed by atoms with E-state index in [1.807, 2.05) is 24.3 Å². The number of ether oxygens (including phenoxy) is 6. The molecule has 0 amide bonds. The Hall–Kier alpha value is -5.46. The van der Waals surface area contributed by atoms with Gasteiger partial charge in [-0.2, -0.15) is 0 Å². The average molecular weight is 885 g/mol. The largest absolute Gasteiger partial charge is 0.493 e. The molecule has 0 fully saturated rings. The molecule has 6 rings (SSSR count). The van der Waals surface area contributed by atoms with Crippen molar-refractivity contribution in [3.63, 3.8) is 0 Å². The van der Waals surface area contributed by atoms with Gasteiger partial charge in [-0.1, -0.05) is 36.4 Å². The number of methoxy groups -OCH3 is 4. The van der Waals surface area contributed by atoms with Crippen molar-refractivity contribution in [3.8, 4) is 23.0 Å². The molecule has 344 valence electrons. The number of likely N-dealkylation sites (N-methyl/N-ethyl adjacent to an activating group) is 2. The first-order valence-corrected chi connectivity index (χ1v) is 22.4. The second-order valence-corrected chi connectivity index (χ2v) is 17.9. The van der Waals surface area contributed by atoms with Crippen LogP contribution in [0.15, 0.2) is 84.9 Å². The number of rotatable bonds is 22. The number of benzene rings is 4. The molecule has 4 aromatic carbocycles. The van der Waals surface area contributed by atoms with Crippen molar-refractivity contribution >= 4 is 11.9 Å². The van der Waals surface area contributed by atoms with E-state index in [-0.39, 0.29) is 48.3 Å². The smallest absolute Gasteiger partial charge is 0.306 e. The van der Waals surface area contributed by atoms with Crippen molar-refractivity contribution < 1.29 is 55.8 Å². The zero-order valence-electron chi connectivity index (χ0n) is 38.5. The molecule has 0 saturated heterocycles. The van der Waals surface area contributed by atoms with Crippen LogP contribution in [0.25, 0.3) is 0 Å².